The van der Waals surface area contributed by atoms with Gasteiger partial charge in [0.25, 0.3) is 5.91 Å². The fourth-order valence-corrected chi connectivity index (χ4v) is 4.59. The Bertz CT molecular complexity index is 1130. The number of carbonyl (C=O) groups is 1. The van der Waals surface area contributed by atoms with E-state index in [1.807, 2.05) is 85.8 Å². The summed E-state index contributed by atoms with van der Waals surface area (Å²) in [6.45, 7) is 2.56. The number of benzene rings is 3. The number of aliphatic imine (C=N–C) groups is 1. The van der Waals surface area contributed by atoms with Crippen molar-refractivity contribution in [3.05, 3.63) is 88.3 Å². The highest BCUT2D eigenvalue weighted by Gasteiger charge is 2.23. The highest BCUT2D eigenvalue weighted by atomic mass is 35.5. The van der Waals surface area contributed by atoms with Crippen LogP contribution in [-0.4, -0.2) is 17.7 Å². The molecule has 1 aliphatic heterocycles. The first-order chi connectivity index (χ1) is 15.1. The molecule has 1 amide bonds. The number of amides is 1. The lowest BCUT2D eigenvalue weighted by Gasteiger charge is -2.03. The van der Waals surface area contributed by atoms with Gasteiger partial charge in [-0.25, -0.2) is 4.99 Å². The van der Waals surface area contributed by atoms with E-state index in [0.717, 1.165) is 31.8 Å². The fraction of sp³-hybridized carbons (Fsp3) is 0.0833. The van der Waals surface area contributed by atoms with Crippen LogP contribution in [0.3, 0.4) is 0 Å². The standard InChI is InChI=1S/C24H19ClN2O2S2/c1-2-29-19-9-7-18(8-10-19)26-24-27-23(28)22(31-24)15-16-3-11-20(12-4-16)30-21-13-5-17(25)6-14-21/h3-15H,2H2,1H3,(H,26,27,28)/b22-15-. The summed E-state index contributed by atoms with van der Waals surface area (Å²) < 4.78 is 5.44. The van der Waals surface area contributed by atoms with Crippen LogP contribution in [0.1, 0.15) is 12.5 Å². The summed E-state index contributed by atoms with van der Waals surface area (Å²) in [5.74, 6) is 0.655. The van der Waals surface area contributed by atoms with Crippen LogP contribution in [0, 0.1) is 0 Å². The van der Waals surface area contributed by atoms with Gasteiger partial charge >= 0.3 is 0 Å². The lowest BCUT2D eigenvalue weighted by Crippen LogP contribution is -2.19. The lowest BCUT2D eigenvalue weighted by molar-refractivity contribution is -0.115. The van der Waals surface area contributed by atoms with E-state index >= 15 is 0 Å². The van der Waals surface area contributed by atoms with Crippen molar-refractivity contribution in [3.8, 4) is 5.75 Å². The highest BCUT2D eigenvalue weighted by molar-refractivity contribution is 8.18. The lowest BCUT2D eigenvalue weighted by atomic mass is 10.2. The van der Waals surface area contributed by atoms with E-state index in [-0.39, 0.29) is 5.91 Å². The molecule has 7 heteroatoms. The minimum Gasteiger partial charge on any atom is -0.494 e. The van der Waals surface area contributed by atoms with E-state index in [1.165, 1.54) is 11.8 Å². The molecule has 1 saturated heterocycles. The van der Waals surface area contributed by atoms with Crippen LogP contribution in [-0.2, 0) is 4.79 Å². The molecule has 3 aromatic carbocycles. The minimum absolute atomic E-state index is 0.144. The Morgan fingerprint density at radius 2 is 1.65 bits per heavy atom. The van der Waals surface area contributed by atoms with Gasteiger partial charge in [-0.2, -0.15) is 0 Å². The topological polar surface area (TPSA) is 50.7 Å². The van der Waals surface area contributed by atoms with E-state index < -0.39 is 0 Å². The van der Waals surface area contributed by atoms with Crippen molar-refractivity contribution in [2.45, 2.75) is 16.7 Å². The van der Waals surface area contributed by atoms with Gasteiger partial charge in [0.1, 0.15) is 5.75 Å². The Morgan fingerprint density at radius 1 is 1.00 bits per heavy atom. The number of ether oxygens (including phenoxy) is 1. The first-order valence-corrected chi connectivity index (χ1v) is 11.7. The van der Waals surface area contributed by atoms with Crippen molar-refractivity contribution in [3.63, 3.8) is 0 Å². The van der Waals surface area contributed by atoms with Gasteiger partial charge in [-0.05, 0) is 91.0 Å². The van der Waals surface area contributed by atoms with E-state index in [4.69, 9.17) is 16.3 Å². The number of carbonyl (C=O) groups excluding carboxylic acids is 1. The van der Waals surface area contributed by atoms with E-state index in [1.54, 1.807) is 11.8 Å². The zero-order chi connectivity index (χ0) is 21.6. The number of hydrogen-bond acceptors (Lipinski definition) is 5. The highest BCUT2D eigenvalue weighted by Crippen LogP contribution is 2.31. The third-order valence-corrected chi connectivity index (χ3v) is 6.43. The number of nitrogens with one attached hydrogen (secondary N) is 1. The summed E-state index contributed by atoms with van der Waals surface area (Å²) in [5, 5.41) is 4.11. The molecule has 1 aliphatic rings. The molecule has 31 heavy (non-hydrogen) atoms. The summed E-state index contributed by atoms with van der Waals surface area (Å²) >= 11 is 8.93. The summed E-state index contributed by atoms with van der Waals surface area (Å²) in [6.07, 6.45) is 1.87. The second kappa shape index (κ2) is 10.1. The van der Waals surface area contributed by atoms with Crippen LogP contribution in [0.2, 0.25) is 5.02 Å². The molecule has 0 bridgehead atoms. The predicted octanol–water partition coefficient (Wildman–Crippen LogP) is 6.78. The largest absolute Gasteiger partial charge is 0.494 e. The molecule has 1 fully saturated rings. The molecular formula is C24H19ClN2O2S2. The van der Waals surface area contributed by atoms with Crippen LogP contribution in [0.25, 0.3) is 6.08 Å². The fourth-order valence-electron chi connectivity index (χ4n) is 2.80. The zero-order valence-electron chi connectivity index (χ0n) is 16.7. The summed E-state index contributed by atoms with van der Waals surface area (Å²) in [5.41, 5.74) is 1.72. The second-order valence-corrected chi connectivity index (χ2v) is 9.15. The van der Waals surface area contributed by atoms with E-state index in [0.29, 0.717) is 16.7 Å². The Balaban J connectivity index is 1.42. The molecule has 4 nitrogen and oxygen atoms in total. The quantitative estimate of drug-likeness (QED) is 0.407. The number of amidine groups is 1. The Labute approximate surface area is 194 Å². The smallest absolute Gasteiger partial charge is 0.264 e. The molecule has 1 N–H and O–H groups in total. The maximum Gasteiger partial charge on any atom is 0.264 e. The van der Waals surface area contributed by atoms with Crippen molar-refractivity contribution in [1.29, 1.82) is 0 Å². The number of hydrogen-bond donors (Lipinski definition) is 1. The molecule has 0 atom stereocenters. The Morgan fingerprint density at radius 3 is 2.29 bits per heavy atom. The van der Waals surface area contributed by atoms with Crippen molar-refractivity contribution < 1.29 is 9.53 Å². The van der Waals surface area contributed by atoms with Crippen molar-refractivity contribution in [1.82, 2.24) is 5.32 Å². The Hall–Kier alpha value is -2.67. The molecular weight excluding hydrogens is 448 g/mol. The van der Waals surface area contributed by atoms with E-state index in [2.05, 4.69) is 10.3 Å². The molecule has 1 heterocycles. The van der Waals surface area contributed by atoms with Crippen LogP contribution in [0.4, 0.5) is 5.69 Å². The first kappa shape index (κ1) is 21.6. The SMILES string of the molecule is CCOc1ccc(N=C2NC(=O)/C(=C/c3ccc(Sc4ccc(Cl)cc4)cc3)S2)cc1. The van der Waals surface area contributed by atoms with Crippen LogP contribution < -0.4 is 10.1 Å². The number of rotatable bonds is 6. The molecule has 0 aliphatic carbocycles. The summed E-state index contributed by atoms with van der Waals surface area (Å²) in [7, 11) is 0. The molecule has 3 aromatic rings. The molecule has 4 rings (SSSR count). The van der Waals surface area contributed by atoms with Gasteiger partial charge in [-0.3, -0.25) is 4.79 Å². The van der Waals surface area contributed by atoms with Gasteiger partial charge in [0.15, 0.2) is 5.17 Å². The molecule has 0 radical (unpaired) electrons. The number of nitrogens with zero attached hydrogens (tertiary/aromatic N) is 1. The van der Waals surface area contributed by atoms with Crippen LogP contribution >= 0.6 is 35.1 Å². The zero-order valence-corrected chi connectivity index (χ0v) is 19.1. The van der Waals surface area contributed by atoms with Crippen molar-refractivity contribution in [2.75, 3.05) is 6.61 Å². The molecule has 0 aromatic heterocycles. The van der Waals surface area contributed by atoms with Gasteiger partial charge in [-0.15, -0.1) is 0 Å². The number of thioether (sulfide) groups is 1. The second-order valence-electron chi connectivity index (χ2n) is 6.53. The van der Waals surface area contributed by atoms with Gasteiger partial charge < -0.3 is 10.1 Å². The molecule has 0 saturated carbocycles. The van der Waals surface area contributed by atoms with Gasteiger partial charge in [0.2, 0.25) is 0 Å². The molecule has 0 spiro atoms. The molecule has 0 unspecified atom stereocenters. The summed E-state index contributed by atoms with van der Waals surface area (Å²) in [4.78, 5) is 19.7. The normalized spacial score (nSPS) is 16.0. The third kappa shape index (κ3) is 5.94. The van der Waals surface area contributed by atoms with Crippen molar-refractivity contribution in [2.24, 2.45) is 4.99 Å². The van der Waals surface area contributed by atoms with E-state index in [9.17, 15) is 4.79 Å². The predicted molar refractivity (Wildman–Crippen MR) is 130 cm³/mol. The average molecular weight is 467 g/mol. The van der Waals surface area contributed by atoms with Crippen molar-refractivity contribution >= 4 is 58.0 Å². The van der Waals surface area contributed by atoms with Crippen LogP contribution in [0.15, 0.2) is 92.5 Å². The third-order valence-electron chi connectivity index (χ3n) is 4.26. The monoisotopic (exact) mass is 466 g/mol. The van der Waals surface area contributed by atoms with Gasteiger partial charge in [0.05, 0.1) is 17.2 Å². The maximum atomic E-state index is 12.3. The first-order valence-electron chi connectivity index (χ1n) is 9.65. The number of halogens is 1. The minimum atomic E-state index is -0.144. The summed E-state index contributed by atoms with van der Waals surface area (Å²) in [6, 6.07) is 23.3. The van der Waals surface area contributed by atoms with Crippen LogP contribution in [0.5, 0.6) is 5.75 Å². The van der Waals surface area contributed by atoms with Gasteiger partial charge in [-0.1, -0.05) is 35.5 Å². The van der Waals surface area contributed by atoms with Gasteiger partial charge in [0, 0.05) is 14.8 Å². The molecule has 156 valence electrons. The Kier molecular flexibility index (Phi) is 7.02. The maximum absolute atomic E-state index is 12.3. The average Bonchev–Trinajstić information content (AvgIpc) is 3.11.